The molecule has 106 valence electrons. The zero-order chi connectivity index (χ0) is 13.7. The quantitative estimate of drug-likeness (QED) is 0.778. The lowest BCUT2D eigenvalue weighted by atomic mass is 10.2. The number of hydrogen-bond acceptors (Lipinski definition) is 3. The number of aromatic nitrogens is 1. The molecule has 0 aliphatic heterocycles. The molecule has 1 saturated carbocycles. The molecular formula is C16H27N3. The summed E-state index contributed by atoms with van der Waals surface area (Å²) >= 11 is 0. The van der Waals surface area contributed by atoms with Crippen LogP contribution in [0.1, 0.15) is 50.7 Å². The van der Waals surface area contributed by atoms with Crippen LogP contribution in [0.15, 0.2) is 12.3 Å². The van der Waals surface area contributed by atoms with Crippen molar-refractivity contribution in [3.63, 3.8) is 0 Å². The van der Waals surface area contributed by atoms with Crippen LogP contribution in [-0.4, -0.2) is 24.1 Å². The van der Waals surface area contributed by atoms with Crippen LogP contribution in [0.3, 0.4) is 0 Å². The van der Waals surface area contributed by atoms with Gasteiger partial charge in [0.25, 0.3) is 0 Å². The number of nitrogens with one attached hydrogen (secondary N) is 1. The fraction of sp³-hybridized carbons (Fsp3) is 0.688. The first kappa shape index (κ1) is 14.3. The SMILES string of the molecule is CCCCN(CC)c1ncc(CNC2CC2)cc1C. The highest BCUT2D eigenvalue weighted by Gasteiger charge is 2.20. The molecule has 0 spiro atoms. The molecule has 3 nitrogen and oxygen atoms in total. The van der Waals surface area contributed by atoms with E-state index in [1.807, 2.05) is 6.20 Å². The highest BCUT2D eigenvalue weighted by molar-refractivity contribution is 5.47. The van der Waals surface area contributed by atoms with Gasteiger partial charge in [-0.25, -0.2) is 4.98 Å². The molecule has 0 radical (unpaired) electrons. The average Bonchev–Trinajstić information content (AvgIpc) is 3.23. The normalized spacial score (nSPS) is 14.7. The minimum absolute atomic E-state index is 0.761. The summed E-state index contributed by atoms with van der Waals surface area (Å²) in [5.41, 5.74) is 2.60. The fourth-order valence-electron chi connectivity index (χ4n) is 2.37. The molecule has 1 aliphatic carbocycles. The molecule has 2 rings (SSSR count). The van der Waals surface area contributed by atoms with Crippen LogP contribution < -0.4 is 10.2 Å². The fourth-order valence-corrected chi connectivity index (χ4v) is 2.37. The van der Waals surface area contributed by atoms with Gasteiger partial charge in [-0.3, -0.25) is 0 Å². The lowest BCUT2D eigenvalue weighted by molar-refractivity contribution is 0.683. The maximum Gasteiger partial charge on any atom is 0.131 e. The Kier molecular flexibility index (Phi) is 5.20. The van der Waals surface area contributed by atoms with Gasteiger partial charge in [0.15, 0.2) is 0 Å². The third-order valence-corrected chi connectivity index (χ3v) is 3.74. The zero-order valence-corrected chi connectivity index (χ0v) is 12.6. The number of hydrogen-bond donors (Lipinski definition) is 1. The second-order valence-corrected chi connectivity index (χ2v) is 5.57. The van der Waals surface area contributed by atoms with E-state index < -0.39 is 0 Å². The number of pyridine rings is 1. The predicted molar refractivity (Wildman–Crippen MR) is 81.6 cm³/mol. The Bertz CT molecular complexity index is 399. The monoisotopic (exact) mass is 261 g/mol. The van der Waals surface area contributed by atoms with Gasteiger partial charge < -0.3 is 10.2 Å². The van der Waals surface area contributed by atoms with Gasteiger partial charge in [0.2, 0.25) is 0 Å². The Morgan fingerprint density at radius 3 is 2.74 bits per heavy atom. The van der Waals surface area contributed by atoms with Crippen LogP contribution in [-0.2, 0) is 6.54 Å². The van der Waals surface area contributed by atoms with Gasteiger partial charge in [-0.05, 0) is 50.3 Å². The molecule has 1 N–H and O–H groups in total. The molecule has 0 unspecified atom stereocenters. The van der Waals surface area contributed by atoms with Gasteiger partial charge in [-0.15, -0.1) is 0 Å². The Balaban J connectivity index is 1.99. The van der Waals surface area contributed by atoms with E-state index >= 15 is 0 Å². The number of aryl methyl sites for hydroxylation is 1. The van der Waals surface area contributed by atoms with Gasteiger partial charge in [-0.2, -0.15) is 0 Å². The highest BCUT2D eigenvalue weighted by Crippen LogP contribution is 2.21. The second-order valence-electron chi connectivity index (χ2n) is 5.57. The Labute approximate surface area is 117 Å². The summed E-state index contributed by atoms with van der Waals surface area (Å²) in [7, 11) is 0. The van der Waals surface area contributed by atoms with Crippen LogP contribution in [0.25, 0.3) is 0 Å². The van der Waals surface area contributed by atoms with Crippen molar-refractivity contribution in [1.82, 2.24) is 10.3 Å². The first-order valence-corrected chi connectivity index (χ1v) is 7.68. The second kappa shape index (κ2) is 6.90. The van der Waals surface area contributed by atoms with E-state index in [0.29, 0.717) is 0 Å². The molecule has 1 aromatic rings. The van der Waals surface area contributed by atoms with Crippen LogP contribution in [0.5, 0.6) is 0 Å². The van der Waals surface area contributed by atoms with Gasteiger partial charge in [0, 0.05) is 31.9 Å². The number of nitrogens with zero attached hydrogens (tertiary/aromatic N) is 2. The van der Waals surface area contributed by atoms with Crippen molar-refractivity contribution in [2.24, 2.45) is 0 Å². The number of unbranched alkanes of at least 4 members (excludes halogenated alkanes) is 1. The topological polar surface area (TPSA) is 28.2 Å². The largest absolute Gasteiger partial charge is 0.357 e. The molecule has 1 fully saturated rings. The van der Waals surface area contributed by atoms with E-state index in [9.17, 15) is 0 Å². The van der Waals surface area contributed by atoms with Crippen molar-refractivity contribution in [1.29, 1.82) is 0 Å². The minimum Gasteiger partial charge on any atom is -0.357 e. The molecular weight excluding hydrogens is 234 g/mol. The molecule has 19 heavy (non-hydrogen) atoms. The molecule has 0 atom stereocenters. The highest BCUT2D eigenvalue weighted by atomic mass is 15.2. The molecule has 1 aromatic heterocycles. The van der Waals surface area contributed by atoms with Crippen LogP contribution in [0.2, 0.25) is 0 Å². The summed E-state index contributed by atoms with van der Waals surface area (Å²) in [6.07, 6.45) is 7.18. The van der Waals surface area contributed by atoms with Crippen LogP contribution in [0.4, 0.5) is 5.82 Å². The minimum atomic E-state index is 0.761. The van der Waals surface area contributed by atoms with Crippen molar-refractivity contribution in [2.75, 3.05) is 18.0 Å². The van der Waals surface area contributed by atoms with E-state index in [-0.39, 0.29) is 0 Å². The van der Waals surface area contributed by atoms with E-state index in [1.165, 1.54) is 36.8 Å². The third-order valence-electron chi connectivity index (χ3n) is 3.74. The maximum atomic E-state index is 4.69. The lowest BCUT2D eigenvalue weighted by Crippen LogP contribution is -2.26. The average molecular weight is 261 g/mol. The molecule has 0 aromatic carbocycles. The van der Waals surface area contributed by atoms with Crippen molar-refractivity contribution in [2.45, 2.75) is 59.0 Å². The van der Waals surface area contributed by atoms with Crippen molar-refractivity contribution >= 4 is 5.82 Å². The van der Waals surface area contributed by atoms with Gasteiger partial charge >= 0.3 is 0 Å². The van der Waals surface area contributed by atoms with Gasteiger partial charge in [0.05, 0.1) is 0 Å². The van der Waals surface area contributed by atoms with Crippen molar-refractivity contribution in [3.05, 3.63) is 23.4 Å². The van der Waals surface area contributed by atoms with Gasteiger partial charge in [-0.1, -0.05) is 13.3 Å². The molecule has 3 heteroatoms. The predicted octanol–water partition coefficient (Wildman–Crippen LogP) is 3.27. The summed E-state index contributed by atoms with van der Waals surface area (Å²) in [6, 6.07) is 3.04. The van der Waals surface area contributed by atoms with Crippen molar-refractivity contribution in [3.8, 4) is 0 Å². The van der Waals surface area contributed by atoms with Crippen LogP contribution >= 0.6 is 0 Å². The zero-order valence-electron chi connectivity index (χ0n) is 12.6. The molecule has 0 bridgehead atoms. The Morgan fingerprint density at radius 2 is 2.16 bits per heavy atom. The summed E-state index contributed by atoms with van der Waals surface area (Å²) in [5, 5.41) is 3.54. The van der Waals surface area contributed by atoms with E-state index in [2.05, 4.69) is 42.0 Å². The van der Waals surface area contributed by atoms with Crippen molar-refractivity contribution < 1.29 is 0 Å². The summed E-state index contributed by atoms with van der Waals surface area (Å²) in [6.45, 7) is 9.73. The molecule has 1 aliphatic rings. The molecule has 0 amide bonds. The standard InChI is InChI=1S/C16H27N3/c1-4-6-9-19(5-2)16-13(3)10-14(12-18-16)11-17-15-7-8-15/h10,12,15,17H,4-9,11H2,1-3H3. The lowest BCUT2D eigenvalue weighted by Gasteiger charge is -2.23. The van der Waals surface area contributed by atoms with Crippen LogP contribution in [0, 0.1) is 6.92 Å². The van der Waals surface area contributed by atoms with Gasteiger partial charge in [0.1, 0.15) is 5.82 Å². The summed E-state index contributed by atoms with van der Waals surface area (Å²) < 4.78 is 0. The first-order valence-electron chi connectivity index (χ1n) is 7.68. The van der Waals surface area contributed by atoms with E-state index in [1.54, 1.807) is 0 Å². The first-order chi connectivity index (χ1) is 9.24. The number of rotatable bonds is 8. The maximum absolute atomic E-state index is 4.69. The Morgan fingerprint density at radius 1 is 1.37 bits per heavy atom. The smallest absolute Gasteiger partial charge is 0.131 e. The third kappa shape index (κ3) is 4.20. The van der Waals surface area contributed by atoms with E-state index in [4.69, 9.17) is 0 Å². The Hall–Kier alpha value is -1.09. The molecule has 0 saturated heterocycles. The van der Waals surface area contributed by atoms with E-state index in [0.717, 1.165) is 31.5 Å². The molecule has 1 heterocycles. The summed E-state index contributed by atoms with van der Waals surface area (Å²) in [4.78, 5) is 7.07. The summed E-state index contributed by atoms with van der Waals surface area (Å²) in [5.74, 6) is 1.16. The number of anilines is 1.